The Morgan fingerprint density at radius 1 is 1.33 bits per heavy atom. The van der Waals surface area contributed by atoms with Crippen molar-refractivity contribution in [2.24, 2.45) is 5.16 Å². The van der Waals surface area contributed by atoms with Crippen molar-refractivity contribution >= 4 is 45.9 Å². The minimum absolute atomic E-state index is 0.00573. The first-order chi connectivity index (χ1) is 16.9. The molecular formula is C20H19F3N6O6S. The summed E-state index contributed by atoms with van der Waals surface area (Å²) in [5, 5.41) is 25.8. The number of hydrogen-bond acceptors (Lipinski definition) is 9. The van der Waals surface area contributed by atoms with Gasteiger partial charge in [0.25, 0.3) is 11.8 Å². The highest BCUT2D eigenvalue weighted by atomic mass is 32.1. The highest BCUT2D eigenvalue weighted by Gasteiger charge is 2.53. The number of β-lactam (4-membered cyclic amide) rings is 1. The smallest absolute Gasteiger partial charge is 0.406 e. The molecule has 16 heteroatoms. The predicted octanol–water partition coefficient (Wildman–Crippen LogP) is 0.453. The number of amides is 3. The van der Waals surface area contributed by atoms with Crippen molar-refractivity contribution in [2.75, 3.05) is 18.8 Å². The van der Waals surface area contributed by atoms with Crippen LogP contribution < -0.4 is 11.1 Å². The zero-order valence-electron chi connectivity index (χ0n) is 18.3. The first-order valence-corrected chi connectivity index (χ1v) is 11.4. The second-order valence-corrected chi connectivity index (χ2v) is 9.12. The summed E-state index contributed by atoms with van der Waals surface area (Å²) < 4.78 is 38.0. The SMILES string of the molecule is Nc1nc(/C(=N/O)C(=O)N[C@@H]2C(=O)N3C(C(=O)O)=C(C=C4CCN(CC(F)(F)F)C4=O)CC[C@H]23)cs1. The Balaban J connectivity index is 1.52. The topological polar surface area (TPSA) is 179 Å². The number of nitrogen functional groups attached to an aromatic ring is 1. The fourth-order valence-electron chi connectivity index (χ4n) is 4.43. The molecule has 0 unspecified atom stereocenters. The standard InChI is InChI=1S/C20H19F3N6O6S/c21-20(22,23)7-28-4-3-9(16(28)31)5-8-1-2-11-13(17(32)29(11)14(8)18(33)34)26-15(30)12(27-35)10-6-36-19(24)25-10/h5-6,11,13,35H,1-4,7H2,(H2,24,25)(H,26,30)(H,33,34)/b9-5?,27-12-/t11-,13+/m1/s1. The number of aliphatic carboxylic acids is 1. The number of fused-ring (bicyclic) bond motifs is 1. The molecule has 4 rings (SSSR count). The van der Waals surface area contributed by atoms with Crippen molar-refractivity contribution in [1.82, 2.24) is 20.1 Å². The molecule has 1 aromatic rings. The van der Waals surface area contributed by atoms with Crippen molar-refractivity contribution in [3.63, 3.8) is 0 Å². The Morgan fingerprint density at radius 2 is 2.06 bits per heavy atom. The van der Waals surface area contributed by atoms with Gasteiger partial charge in [0.1, 0.15) is 24.0 Å². The second kappa shape index (κ2) is 9.25. The van der Waals surface area contributed by atoms with Crippen molar-refractivity contribution in [3.8, 4) is 0 Å². The first kappa shape index (κ1) is 25.2. The maximum Gasteiger partial charge on any atom is 0.406 e. The van der Waals surface area contributed by atoms with Crippen LogP contribution in [-0.2, 0) is 19.2 Å². The largest absolute Gasteiger partial charge is 0.477 e. The van der Waals surface area contributed by atoms with E-state index in [1.54, 1.807) is 0 Å². The highest BCUT2D eigenvalue weighted by molar-refractivity contribution is 7.13. The third kappa shape index (κ3) is 4.62. The van der Waals surface area contributed by atoms with Crippen LogP contribution in [-0.4, -0.2) is 85.8 Å². The van der Waals surface area contributed by atoms with Crippen LogP contribution in [0.2, 0.25) is 0 Å². The highest BCUT2D eigenvalue weighted by Crippen LogP contribution is 2.38. The number of halogens is 3. The van der Waals surface area contributed by atoms with Gasteiger partial charge in [-0.3, -0.25) is 19.3 Å². The van der Waals surface area contributed by atoms with E-state index in [2.05, 4.69) is 15.5 Å². The number of allylic oxidation sites excluding steroid dienone is 2. The molecule has 2 atom stereocenters. The summed E-state index contributed by atoms with van der Waals surface area (Å²) in [6.07, 6.45) is -3.01. The Labute approximate surface area is 204 Å². The molecule has 4 heterocycles. The van der Waals surface area contributed by atoms with E-state index in [0.29, 0.717) is 4.90 Å². The van der Waals surface area contributed by atoms with Crippen molar-refractivity contribution in [3.05, 3.63) is 34.0 Å². The molecule has 12 nitrogen and oxygen atoms in total. The quantitative estimate of drug-likeness (QED) is 0.135. The third-order valence-electron chi connectivity index (χ3n) is 5.97. The summed E-state index contributed by atoms with van der Waals surface area (Å²) in [5.74, 6) is -3.97. The molecule has 1 aromatic heterocycles. The number of nitrogens with one attached hydrogen (secondary N) is 1. The molecule has 2 fully saturated rings. The lowest BCUT2D eigenvalue weighted by Crippen LogP contribution is -2.72. The number of rotatable bonds is 6. The maximum atomic E-state index is 12.8. The van der Waals surface area contributed by atoms with Gasteiger partial charge in [0, 0.05) is 17.5 Å². The lowest BCUT2D eigenvalue weighted by Gasteiger charge is -2.50. The minimum Gasteiger partial charge on any atom is -0.477 e. The maximum absolute atomic E-state index is 12.8. The Morgan fingerprint density at radius 3 is 2.64 bits per heavy atom. The Kier molecular flexibility index (Phi) is 6.46. The van der Waals surface area contributed by atoms with Crippen LogP contribution in [0.25, 0.3) is 0 Å². The number of anilines is 1. The van der Waals surface area contributed by atoms with Crippen molar-refractivity contribution < 1.29 is 42.7 Å². The van der Waals surface area contributed by atoms with Gasteiger partial charge in [-0.1, -0.05) is 5.16 Å². The normalized spacial score (nSPS) is 23.8. The monoisotopic (exact) mass is 528 g/mol. The van der Waals surface area contributed by atoms with Crippen molar-refractivity contribution in [1.29, 1.82) is 0 Å². The summed E-state index contributed by atoms with van der Waals surface area (Å²) >= 11 is 1.00. The summed E-state index contributed by atoms with van der Waals surface area (Å²) in [7, 11) is 0. The number of alkyl halides is 3. The molecule has 0 radical (unpaired) electrons. The van der Waals surface area contributed by atoms with Gasteiger partial charge in [0.2, 0.25) is 5.91 Å². The third-order valence-corrected chi connectivity index (χ3v) is 6.65. The average Bonchev–Trinajstić information content (AvgIpc) is 3.37. The number of carboxylic acids is 1. The number of oxime groups is 1. The van der Waals surface area contributed by atoms with Gasteiger partial charge in [-0.05, 0) is 30.9 Å². The number of likely N-dealkylation sites (tertiary alicyclic amines) is 1. The molecule has 3 aliphatic heterocycles. The summed E-state index contributed by atoms with van der Waals surface area (Å²) in [4.78, 5) is 55.2. The van der Waals surface area contributed by atoms with E-state index in [-0.39, 0.29) is 47.8 Å². The lowest BCUT2D eigenvalue weighted by atomic mass is 9.82. The van der Waals surface area contributed by atoms with E-state index >= 15 is 0 Å². The number of carboxylic acid groups (broad SMARTS) is 1. The summed E-state index contributed by atoms with van der Waals surface area (Å²) in [5.41, 5.74) is 4.78. The first-order valence-electron chi connectivity index (χ1n) is 10.5. The number of aromatic nitrogens is 1. The number of carbonyl (C=O) groups excluding carboxylic acids is 3. The molecule has 2 saturated heterocycles. The molecule has 0 saturated carbocycles. The number of carbonyl (C=O) groups is 4. The fraction of sp³-hybridized carbons (Fsp3) is 0.400. The number of nitrogens with zero attached hydrogens (tertiary/aromatic N) is 4. The number of nitrogens with two attached hydrogens (primary N) is 1. The molecule has 0 spiro atoms. The Bertz CT molecular complexity index is 1240. The van der Waals surface area contributed by atoms with E-state index in [1.165, 1.54) is 11.5 Å². The van der Waals surface area contributed by atoms with Crippen LogP contribution >= 0.6 is 11.3 Å². The van der Waals surface area contributed by atoms with Gasteiger partial charge in [-0.15, -0.1) is 11.3 Å². The molecule has 3 aliphatic rings. The Hall–Kier alpha value is -3.95. The van der Waals surface area contributed by atoms with Crippen LogP contribution in [0, 0.1) is 0 Å². The fourth-order valence-corrected chi connectivity index (χ4v) is 4.98. The van der Waals surface area contributed by atoms with E-state index in [1.807, 2.05) is 0 Å². The number of hydrogen-bond donors (Lipinski definition) is 4. The molecule has 36 heavy (non-hydrogen) atoms. The van der Waals surface area contributed by atoms with E-state index < -0.39 is 59.9 Å². The van der Waals surface area contributed by atoms with E-state index in [4.69, 9.17) is 5.73 Å². The van der Waals surface area contributed by atoms with Crippen LogP contribution in [0.1, 0.15) is 25.0 Å². The van der Waals surface area contributed by atoms with Gasteiger partial charge in [0.05, 0.1) is 6.04 Å². The predicted molar refractivity (Wildman–Crippen MR) is 117 cm³/mol. The molecule has 0 bridgehead atoms. The number of thiazole rings is 1. The second-order valence-electron chi connectivity index (χ2n) is 8.23. The lowest BCUT2D eigenvalue weighted by molar-refractivity contribution is -0.156. The van der Waals surface area contributed by atoms with E-state index in [0.717, 1.165) is 16.2 Å². The van der Waals surface area contributed by atoms with Crippen LogP contribution in [0.15, 0.2) is 33.5 Å². The molecule has 3 amide bonds. The van der Waals surface area contributed by atoms with Gasteiger partial charge in [-0.25, -0.2) is 9.78 Å². The molecule has 0 aromatic carbocycles. The summed E-state index contributed by atoms with van der Waals surface area (Å²) in [6.45, 7) is -1.56. The molecular weight excluding hydrogens is 509 g/mol. The minimum atomic E-state index is -4.56. The molecule has 5 N–H and O–H groups in total. The van der Waals surface area contributed by atoms with Crippen molar-refractivity contribution in [2.45, 2.75) is 37.5 Å². The molecule has 192 valence electrons. The van der Waals surface area contributed by atoms with Crippen LogP contribution in [0.3, 0.4) is 0 Å². The average molecular weight is 528 g/mol. The van der Waals surface area contributed by atoms with E-state index in [9.17, 15) is 42.7 Å². The zero-order chi connectivity index (χ0) is 26.4. The summed E-state index contributed by atoms with van der Waals surface area (Å²) in [6, 6.07) is -1.83. The van der Waals surface area contributed by atoms with Gasteiger partial charge >= 0.3 is 12.1 Å². The van der Waals surface area contributed by atoms with Gasteiger partial charge < -0.3 is 26.3 Å². The van der Waals surface area contributed by atoms with Crippen LogP contribution in [0.5, 0.6) is 0 Å². The van der Waals surface area contributed by atoms with Crippen LogP contribution in [0.4, 0.5) is 18.3 Å². The zero-order valence-corrected chi connectivity index (χ0v) is 19.1. The van der Waals surface area contributed by atoms with Gasteiger partial charge in [-0.2, -0.15) is 13.2 Å². The molecule has 0 aliphatic carbocycles. The van der Waals surface area contributed by atoms with Gasteiger partial charge in [0.15, 0.2) is 10.8 Å².